The maximum Gasteiger partial charge on any atom is 0.305 e. The molecule has 0 fully saturated rings. The second-order valence-electron chi connectivity index (χ2n) is 19.3. The third-order valence-electron chi connectivity index (χ3n) is 13.0. The van der Waals surface area contributed by atoms with Gasteiger partial charge in [0, 0.05) is 12.8 Å². The molecule has 0 aliphatic carbocycles. The van der Waals surface area contributed by atoms with E-state index in [0.29, 0.717) is 25.9 Å². The Kier molecular flexibility index (Phi) is 51.6. The van der Waals surface area contributed by atoms with Gasteiger partial charge in [-0.25, -0.2) is 0 Å². The number of nitrogens with one attached hydrogen (secondary N) is 1. The summed E-state index contributed by atoms with van der Waals surface area (Å²) in [6.07, 6.45) is 62.9. The highest BCUT2D eigenvalue weighted by Crippen LogP contribution is 2.17. The van der Waals surface area contributed by atoms with Gasteiger partial charge in [0.15, 0.2) is 0 Å². The monoisotopic (exact) mass is 888 g/mol. The first-order valence-corrected chi connectivity index (χ1v) is 28.1. The summed E-state index contributed by atoms with van der Waals surface area (Å²) in [5.41, 5.74) is 0. The summed E-state index contributed by atoms with van der Waals surface area (Å²) >= 11 is 0. The molecule has 0 bridgehead atoms. The van der Waals surface area contributed by atoms with Crippen LogP contribution in [0.25, 0.3) is 0 Å². The first-order valence-electron chi connectivity index (χ1n) is 28.1. The molecule has 0 radical (unpaired) electrons. The quantitative estimate of drug-likeness (QED) is 0.0321. The molecule has 0 aliphatic rings. The van der Waals surface area contributed by atoms with Crippen molar-refractivity contribution >= 4 is 11.9 Å². The van der Waals surface area contributed by atoms with Gasteiger partial charge in [-0.3, -0.25) is 9.59 Å². The van der Waals surface area contributed by atoms with Crippen LogP contribution in [0.15, 0.2) is 24.3 Å². The molecule has 372 valence electrons. The highest BCUT2D eigenvalue weighted by molar-refractivity contribution is 5.76. The zero-order chi connectivity index (χ0) is 45.8. The minimum Gasteiger partial charge on any atom is -0.466 e. The second-order valence-corrected chi connectivity index (χ2v) is 19.3. The minimum absolute atomic E-state index is 0.0221. The Morgan fingerprint density at radius 1 is 0.444 bits per heavy atom. The number of unbranched alkanes of at least 4 members (excludes halogenated alkanes) is 37. The van der Waals surface area contributed by atoms with Gasteiger partial charge >= 0.3 is 5.97 Å². The first kappa shape index (κ1) is 61.3. The Bertz CT molecular complexity index is 982. The van der Waals surface area contributed by atoms with Crippen LogP contribution in [0.1, 0.15) is 303 Å². The third-order valence-corrected chi connectivity index (χ3v) is 13.0. The molecule has 0 aromatic heterocycles. The lowest BCUT2D eigenvalue weighted by Gasteiger charge is -2.22. The molecule has 0 aromatic rings. The van der Waals surface area contributed by atoms with Crippen LogP contribution in [0, 0.1) is 0 Å². The number of aliphatic hydroxyl groups excluding tert-OH is 2. The van der Waals surface area contributed by atoms with E-state index in [4.69, 9.17) is 4.74 Å². The molecule has 0 saturated heterocycles. The van der Waals surface area contributed by atoms with E-state index >= 15 is 0 Å². The van der Waals surface area contributed by atoms with Gasteiger partial charge in [0.25, 0.3) is 0 Å². The maximum atomic E-state index is 12.5. The molecule has 2 unspecified atom stereocenters. The summed E-state index contributed by atoms with van der Waals surface area (Å²) in [7, 11) is 0. The summed E-state index contributed by atoms with van der Waals surface area (Å²) in [5.74, 6) is -0.0715. The van der Waals surface area contributed by atoms with E-state index < -0.39 is 12.1 Å². The van der Waals surface area contributed by atoms with Crippen molar-refractivity contribution < 1.29 is 24.5 Å². The van der Waals surface area contributed by atoms with Gasteiger partial charge < -0.3 is 20.3 Å². The van der Waals surface area contributed by atoms with Crippen molar-refractivity contribution in [3.05, 3.63) is 24.3 Å². The maximum absolute atomic E-state index is 12.5. The van der Waals surface area contributed by atoms with Crippen molar-refractivity contribution in [1.82, 2.24) is 5.32 Å². The number of aliphatic hydroxyl groups is 2. The van der Waals surface area contributed by atoms with E-state index in [0.717, 1.165) is 70.6 Å². The SMILES string of the molecule is CCCCCC/C=C\C/C=C\CCCCCCCC(=O)OCCCCCCCCCCCCCCC(=O)NC(CO)C(O)CCCCCCCCCCCCCCCCCCCC. The van der Waals surface area contributed by atoms with Crippen molar-refractivity contribution in [1.29, 1.82) is 0 Å². The fourth-order valence-corrected chi connectivity index (χ4v) is 8.67. The molecule has 6 heteroatoms. The number of rotatable bonds is 52. The van der Waals surface area contributed by atoms with Crippen molar-refractivity contribution in [2.75, 3.05) is 13.2 Å². The van der Waals surface area contributed by atoms with Crippen LogP contribution in [0.3, 0.4) is 0 Å². The highest BCUT2D eigenvalue weighted by atomic mass is 16.5. The molecule has 3 N–H and O–H groups in total. The lowest BCUT2D eigenvalue weighted by Crippen LogP contribution is -2.45. The number of carbonyl (C=O) groups is 2. The smallest absolute Gasteiger partial charge is 0.305 e. The topological polar surface area (TPSA) is 95.9 Å². The molecular weight excluding hydrogens is 779 g/mol. The van der Waals surface area contributed by atoms with Gasteiger partial charge in [-0.15, -0.1) is 0 Å². The predicted molar refractivity (Wildman–Crippen MR) is 273 cm³/mol. The van der Waals surface area contributed by atoms with Crippen molar-refractivity contribution in [3.63, 3.8) is 0 Å². The summed E-state index contributed by atoms with van der Waals surface area (Å²) in [5, 5.41) is 23.3. The second kappa shape index (κ2) is 53.0. The van der Waals surface area contributed by atoms with Crippen LogP contribution >= 0.6 is 0 Å². The Hall–Kier alpha value is -1.66. The van der Waals surface area contributed by atoms with E-state index in [2.05, 4.69) is 43.5 Å². The normalized spacial score (nSPS) is 12.8. The number of hydrogen-bond donors (Lipinski definition) is 3. The summed E-state index contributed by atoms with van der Waals surface area (Å²) in [4.78, 5) is 24.5. The molecule has 0 aromatic carbocycles. The number of amides is 1. The lowest BCUT2D eigenvalue weighted by molar-refractivity contribution is -0.143. The Morgan fingerprint density at radius 3 is 1.22 bits per heavy atom. The number of allylic oxidation sites excluding steroid dienone is 4. The number of ether oxygens (including phenoxy) is 1. The summed E-state index contributed by atoms with van der Waals surface area (Å²) in [6.45, 7) is 4.91. The lowest BCUT2D eigenvalue weighted by atomic mass is 10.0. The Morgan fingerprint density at radius 2 is 0.794 bits per heavy atom. The van der Waals surface area contributed by atoms with E-state index in [1.807, 2.05) is 0 Å². The molecule has 6 nitrogen and oxygen atoms in total. The fraction of sp³-hybridized carbons (Fsp3) is 0.895. The van der Waals surface area contributed by atoms with Gasteiger partial charge in [-0.05, 0) is 57.8 Å². The van der Waals surface area contributed by atoms with Crippen LogP contribution in [-0.2, 0) is 14.3 Å². The molecule has 0 heterocycles. The molecule has 2 atom stereocenters. The molecule has 63 heavy (non-hydrogen) atoms. The molecule has 0 aliphatic heterocycles. The highest BCUT2D eigenvalue weighted by Gasteiger charge is 2.20. The minimum atomic E-state index is -0.675. The van der Waals surface area contributed by atoms with Crippen molar-refractivity contribution in [2.45, 2.75) is 315 Å². The van der Waals surface area contributed by atoms with Gasteiger partial charge in [0.2, 0.25) is 5.91 Å². The Labute approximate surface area is 392 Å². The average Bonchev–Trinajstić information content (AvgIpc) is 3.28. The zero-order valence-corrected chi connectivity index (χ0v) is 42.3. The van der Waals surface area contributed by atoms with Crippen LogP contribution in [0.4, 0.5) is 0 Å². The van der Waals surface area contributed by atoms with E-state index in [1.165, 1.54) is 199 Å². The summed E-state index contributed by atoms with van der Waals surface area (Å²) < 4.78 is 5.46. The molecule has 0 saturated carbocycles. The van der Waals surface area contributed by atoms with Crippen LogP contribution < -0.4 is 5.32 Å². The van der Waals surface area contributed by atoms with Gasteiger partial charge in [0.05, 0.1) is 25.4 Å². The van der Waals surface area contributed by atoms with E-state index in [-0.39, 0.29) is 18.5 Å². The fourth-order valence-electron chi connectivity index (χ4n) is 8.67. The standard InChI is InChI=1S/C57H109NO5/c1-3-5-7-9-11-13-15-17-19-21-22-23-25-29-33-37-41-45-49-55(60)54(53-59)58-56(61)50-46-42-38-34-30-27-28-32-36-40-44-48-52-63-57(62)51-47-43-39-35-31-26-24-20-18-16-14-12-10-8-6-4-2/h14,16,20,24,54-55,59-60H,3-13,15,17-19,21-23,25-53H2,1-2H3,(H,58,61)/b16-14-,24-20-. The molecule has 1 amide bonds. The molecule has 0 rings (SSSR count). The van der Waals surface area contributed by atoms with Crippen molar-refractivity contribution in [2.24, 2.45) is 0 Å². The van der Waals surface area contributed by atoms with Crippen LogP contribution in [0.5, 0.6) is 0 Å². The number of esters is 1. The van der Waals surface area contributed by atoms with Crippen molar-refractivity contribution in [3.8, 4) is 0 Å². The molecule has 0 spiro atoms. The van der Waals surface area contributed by atoms with Crippen LogP contribution in [0.2, 0.25) is 0 Å². The predicted octanol–water partition coefficient (Wildman–Crippen LogP) is 17.1. The number of hydrogen-bond acceptors (Lipinski definition) is 5. The van der Waals surface area contributed by atoms with Crippen LogP contribution in [-0.4, -0.2) is 47.4 Å². The van der Waals surface area contributed by atoms with E-state index in [9.17, 15) is 19.8 Å². The van der Waals surface area contributed by atoms with Gasteiger partial charge in [0.1, 0.15) is 0 Å². The largest absolute Gasteiger partial charge is 0.466 e. The first-order chi connectivity index (χ1) is 31.0. The average molecular weight is 889 g/mol. The van der Waals surface area contributed by atoms with Gasteiger partial charge in [-0.1, -0.05) is 256 Å². The summed E-state index contributed by atoms with van der Waals surface area (Å²) in [6, 6.07) is -0.554. The van der Waals surface area contributed by atoms with Gasteiger partial charge in [-0.2, -0.15) is 0 Å². The zero-order valence-electron chi connectivity index (χ0n) is 42.3. The third kappa shape index (κ3) is 49.6. The van der Waals surface area contributed by atoms with E-state index in [1.54, 1.807) is 0 Å². The molecular formula is C57H109NO5. The Balaban J connectivity index is 3.47. The number of carbonyl (C=O) groups excluding carboxylic acids is 2.